The summed E-state index contributed by atoms with van der Waals surface area (Å²) >= 11 is 0. The molecule has 1 aliphatic heterocycles. The highest BCUT2D eigenvalue weighted by molar-refractivity contribution is 5.34. The molecule has 1 heterocycles. The van der Waals surface area contributed by atoms with Gasteiger partial charge in [-0.05, 0) is 56.1 Å². The van der Waals surface area contributed by atoms with Crippen LogP contribution in [0.2, 0.25) is 0 Å². The number of benzene rings is 1. The average Bonchev–Trinajstić information content (AvgIpc) is 2.39. The van der Waals surface area contributed by atoms with Gasteiger partial charge in [-0.3, -0.25) is 0 Å². The molecule has 1 aromatic rings. The maximum absolute atomic E-state index is 8.88. The van der Waals surface area contributed by atoms with Gasteiger partial charge in [0.1, 0.15) is 0 Å². The number of piperidine rings is 1. The molecule has 0 saturated carbocycles. The Morgan fingerprint density at radius 3 is 2.75 bits per heavy atom. The van der Waals surface area contributed by atoms with Gasteiger partial charge in [-0.25, -0.2) is 0 Å². The van der Waals surface area contributed by atoms with Crippen LogP contribution in [0.5, 0.6) is 0 Å². The lowest BCUT2D eigenvalue weighted by Gasteiger charge is -2.31. The second kappa shape index (κ2) is 5.14. The smallest absolute Gasteiger partial charge is 0.0991 e. The van der Waals surface area contributed by atoms with Gasteiger partial charge in [-0.1, -0.05) is 19.1 Å². The number of likely N-dealkylation sites (tertiary alicyclic amines) is 1. The highest BCUT2D eigenvalue weighted by atomic mass is 15.1. The maximum Gasteiger partial charge on any atom is 0.0991 e. The topological polar surface area (TPSA) is 27.0 Å². The summed E-state index contributed by atoms with van der Waals surface area (Å²) in [6, 6.07) is 10.3. The largest absolute Gasteiger partial charge is 0.304 e. The Morgan fingerprint density at radius 2 is 2.12 bits per heavy atom. The molecule has 1 saturated heterocycles. The van der Waals surface area contributed by atoms with Crippen molar-refractivity contribution in [3.63, 3.8) is 0 Å². The first-order valence-electron chi connectivity index (χ1n) is 6.06. The van der Waals surface area contributed by atoms with E-state index in [0.717, 1.165) is 12.1 Å². The number of rotatable bonds is 2. The molecule has 0 bridgehead atoms. The third-order valence-corrected chi connectivity index (χ3v) is 3.52. The van der Waals surface area contributed by atoms with E-state index in [4.69, 9.17) is 5.26 Å². The van der Waals surface area contributed by atoms with Crippen molar-refractivity contribution in [1.29, 1.82) is 5.26 Å². The van der Waals surface area contributed by atoms with Gasteiger partial charge in [-0.15, -0.1) is 0 Å². The predicted octanol–water partition coefficient (Wildman–Crippen LogP) is 2.76. The average molecular weight is 214 g/mol. The quantitative estimate of drug-likeness (QED) is 0.757. The third kappa shape index (κ3) is 2.43. The van der Waals surface area contributed by atoms with Gasteiger partial charge in [0.15, 0.2) is 0 Å². The van der Waals surface area contributed by atoms with Crippen molar-refractivity contribution in [2.45, 2.75) is 25.7 Å². The Balaban J connectivity index is 2.05. The van der Waals surface area contributed by atoms with E-state index in [1.165, 1.54) is 31.5 Å². The second-order valence-corrected chi connectivity index (χ2v) is 4.45. The van der Waals surface area contributed by atoms with Crippen LogP contribution in [0, 0.1) is 11.3 Å². The van der Waals surface area contributed by atoms with E-state index in [-0.39, 0.29) is 0 Å². The molecular formula is C14H18N2. The van der Waals surface area contributed by atoms with Crippen molar-refractivity contribution in [1.82, 2.24) is 4.90 Å². The summed E-state index contributed by atoms with van der Waals surface area (Å²) < 4.78 is 0. The Kier molecular flexibility index (Phi) is 3.58. The first kappa shape index (κ1) is 11.2. The summed E-state index contributed by atoms with van der Waals surface area (Å²) in [5.41, 5.74) is 2.13. The van der Waals surface area contributed by atoms with E-state index in [0.29, 0.717) is 5.92 Å². The molecule has 2 heteroatoms. The molecular weight excluding hydrogens is 196 g/mol. The summed E-state index contributed by atoms with van der Waals surface area (Å²) in [6.45, 7) is 5.76. The van der Waals surface area contributed by atoms with Gasteiger partial charge in [0.25, 0.3) is 0 Å². The Bertz CT molecular complexity index is 384. The number of nitrogens with zero attached hydrogens (tertiary/aromatic N) is 2. The number of hydrogen-bond acceptors (Lipinski definition) is 2. The van der Waals surface area contributed by atoms with Crippen LogP contribution < -0.4 is 0 Å². The first-order chi connectivity index (χ1) is 7.83. The van der Waals surface area contributed by atoms with Crippen LogP contribution in [0.25, 0.3) is 0 Å². The maximum atomic E-state index is 8.88. The molecule has 0 radical (unpaired) electrons. The van der Waals surface area contributed by atoms with Crippen molar-refractivity contribution in [2.24, 2.45) is 0 Å². The van der Waals surface area contributed by atoms with Crippen LogP contribution >= 0.6 is 0 Å². The standard InChI is InChI=1S/C14H18N2/c1-2-16-8-6-13(7-9-16)14-5-3-4-12(10-14)11-15/h3-5,10,13H,2,6-9H2,1H3. The van der Waals surface area contributed by atoms with Crippen LogP contribution in [0.4, 0.5) is 0 Å². The molecule has 0 aliphatic carbocycles. The Morgan fingerprint density at radius 1 is 1.38 bits per heavy atom. The van der Waals surface area contributed by atoms with Gasteiger partial charge < -0.3 is 4.90 Å². The van der Waals surface area contributed by atoms with Crippen LogP contribution in [-0.4, -0.2) is 24.5 Å². The summed E-state index contributed by atoms with van der Waals surface area (Å²) in [7, 11) is 0. The molecule has 84 valence electrons. The normalized spacial score (nSPS) is 18.2. The molecule has 1 aromatic carbocycles. The number of hydrogen-bond donors (Lipinski definition) is 0. The van der Waals surface area contributed by atoms with E-state index in [9.17, 15) is 0 Å². The SMILES string of the molecule is CCN1CCC(c2cccc(C#N)c2)CC1. The van der Waals surface area contributed by atoms with Gasteiger partial charge >= 0.3 is 0 Å². The number of nitriles is 1. The van der Waals surface area contributed by atoms with Gasteiger partial charge in [0.05, 0.1) is 11.6 Å². The minimum Gasteiger partial charge on any atom is -0.304 e. The molecule has 0 unspecified atom stereocenters. The molecule has 2 nitrogen and oxygen atoms in total. The summed E-state index contributed by atoms with van der Waals surface area (Å²) in [5.74, 6) is 0.649. The Labute approximate surface area is 97.5 Å². The highest BCUT2D eigenvalue weighted by Crippen LogP contribution is 2.28. The zero-order valence-electron chi connectivity index (χ0n) is 9.82. The van der Waals surface area contributed by atoms with Gasteiger partial charge in [0, 0.05) is 0 Å². The molecule has 0 aromatic heterocycles. The van der Waals surface area contributed by atoms with E-state index in [1.807, 2.05) is 18.2 Å². The Hall–Kier alpha value is -1.33. The second-order valence-electron chi connectivity index (χ2n) is 4.45. The lowest BCUT2D eigenvalue weighted by Crippen LogP contribution is -2.32. The first-order valence-corrected chi connectivity index (χ1v) is 6.06. The van der Waals surface area contributed by atoms with E-state index < -0.39 is 0 Å². The fourth-order valence-corrected chi connectivity index (χ4v) is 2.44. The van der Waals surface area contributed by atoms with Crippen molar-refractivity contribution >= 4 is 0 Å². The molecule has 0 N–H and O–H groups in total. The van der Waals surface area contributed by atoms with Crippen molar-refractivity contribution in [3.05, 3.63) is 35.4 Å². The molecule has 16 heavy (non-hydrogen) atoms. The van der Waals surface area contributed by atoms with Crippen molar-refractivity contribution in [3.8, 4) is 6.07 Å². The highest BCUT2D eigenvalue weighted by Gasteiger charge is 2.19. The molecule has 1 aliphatic rings. The minimum atomic E-state index is 0.649. The van der Waals surface area contributed by atoms with Crippen LogP contribution in [-0.2, 0) is 0 Å². The minimum absolute atomic E-state index is 0.649. The summed E-state index contributed by atoms with van der Waals surface area (Å²) in [6.07, 6.45) is 2.45. The van der Waals surface area contributed by atoms with Gasteiger partial charge in [0.2, 0.25) is 0 Å². The summed E-state index contributed by atoms with van der Waals surface area (Å²) in [5, 5.41) is 8.88. The molecule has 0 atom stereocenters. The monoisotopic (exact) mass is 214 g/mol. The van der Waals surface area contributed by atoms with Gasteiger partial charge in [-0.2, -0.15) is 5.26 Å². The molecule has 0 spiro atoms. The molecule has 0 amide bonds. The zero-order chi connectivity index (χ0) is 11.4. The predicted molar refractivity (Wildman–Crippen MR) is 65.2 cm³/mol. The van der Waals surface area contributed by atoms with Crippen LogP contribution in [0.15, 0.2) is 24.3 Å². The van der Waals surface area contributed by atoms with Crippen LogP contribution in [0.1, 0.15) is 36.8 Å². The lowest BCUT2D eigenvalue weighted by molar-refractivity contribution is 0.222. The van der Waals surface area contributed by atoms with E-state index >= 15 is 0 Å². The fourth-order valence-electron chi connectivity index (χ4n) is 2.44. The zero-order valence-corrected chi connectivity index (χ0v) is 9.82. The lowest BCUT2D eigenvalue weighted by atomic mass is 9.89. The van der Waals surface area contributed by atoms with Crippen molar-refractivity contribution in [2.75, 3.05) is 19.6 Å². The third-order valence-electron chi connectivity index (χ3n) is 3.52. The van der Waals surface area contributed by atoms with E-state index in [1.54, 1.807) is 0 Å². The molecule has 2 rings (SSSR count). The van der Waals surface area contributed by atoms with E-state index in [2.05, 4.69) is 24.0 Å². The fraction of sp³-hybridized carbons (Fsp3) is 0.500. The van der Waals surface area contributed by atoms with Crippen LogP contribution in [0.3, 0.4) is 0 Å². The summed E-state index contributed by atoms with van der Waals surface area (Å²) in [4.78, 5) is 2.49. The van der Waals surface area contributed by atoms with Crippen molar-refractivity contribution < 1.29 is 0 Å². The molecule has 1 fully saturated rings.